The van der Waals surface area contributed by atoms with E-state index >= 15 is 0 Å². The molecule has 3 aliphatic heterocycles. The van der Waals surface area contributed by atoms with Crippen molar-refractivity contribution in [1.29, 1.82) is 0 Å². The first-order valence-electron chi connectivity index (χ1n) is 15.9. The van der Waals surface area contributed by atoms with E-state index < -0.39 is 11.7 Å². The van der Waals surface area contributed by atoms with Gasteiger partial charge in [-0.25, -0.2) is 9.18 Å². The standard InChI is InChI=1S/C33H36F4N8O2/c1-20(2)30-38-39-31(47-30)42-18-25(19-42)45-17-23-16-43(24-11-13-41(14-12-24)28-21(3)7-6-10-27(28)34)32(46)44(29(23)40-45)15-22-8-4-5-9-26(22)33(35,36)37/h4-10,17,20,24-25H,11-16,18-19H2,1-3H3. The molecule has 47 heavy (non-hydrogen) atoms. The molecule has 7 rings (SSSR count). The van der Waals surface area contributed by atoms with E-state index in [9.17, 15) is 22.4 Å². The van der Waals surface area contributed by atoms with Gasteiger partial charge in [-0.1, -0.05) is 49.3 Å². The summed E-state index contributed by atoms with van der Waals surface area (Å²) in [6.07, 6.45) is -1.49. The summed E-state index contributed by atoms with van der Waals surface area (Å²) in [6, 6.07) is 10.2. The lowest BCUT2D eigenvalue weighted by Gasteiger charge is -2.43. The van der Waals surface area contributed by atoms with Crippen molar-refractivity contribution >= 4 is 23.6 Å². The molecule has 0 radical (unpaired) electrons. The number of fused-ring (bicyclic) bond motifs is 1. The highest BCUT2D eigenvalue weighted by Gasteiger charge is 2.42. The van der Waals surface area contributed by atoms with Crippen LogP contribution in [0.15, 0.2) is 53.1 Å². The molecule has 0 bridgehead atoms. The van der Waals surface area contributed by atoms with Crippen molar-refractivity contribution in [3.8, 4) is 0 Å². The van der Waals surface area contributed by atoms with Crippen molar-refractivity contribution in [1.82, 2.24) is 24.9 Å². The third kappa shape index (κ3) is 5.78. The van der Waals surface area contributed by atoms with E-state index in [2.05, 4.69) is 10.2 Å². The van der Waals surface area contributed by atoms with Crippen LogP contribution in [0, 0.1) is 12.7 Å². The summed E-state index contributed by atoms with van der Waals surface area (Å²) in [5, 5.41) is 13.0. The third-order valence-electron chi connectivity index (χ3n) is 9.35. The van der Waals surface area contributed by atoms with Gasteiger partial charge >= 0.3 is 18.2 Å². The van der Waals surface area contributed by atoms with E-state index in [-0.39, 0.29) is 48.5 Å². The SMILES string of the molecule is Cc1cccc(F)c1N1CCC(N2Cc3cn(C4CN(c5nnc(C(C)C)o5)C4)nc3N(Cc3ccccc3C(F)(F)F)C2=O)CC1. The fourth-order valence-corrected chi connectivity index (χ4v) is 6.77. The van der Waals surface area contributed by atoms with Gasteiger partial charge in [-0.3, -0.25) is 9.58 Å². The molecule has 0 unspecified atom stereocenters. The molecule has 248 valence electrons. The average molecular weight is 653 g/mol. The molecule has 0 atom stereocenters. The van der Waals surface area contributed by atoms with Crippen LogP contribution in [-0.2, 0) is 19.3 Å². The van der Waals surface area contributed by atoms with Crippen LogP contribution in [0.3, 0.4) is 0 Å². The van der Waals surface area contributed by atoms with E-state index in [1.165, 1.54) is 23.1 Å². The molecule has 2 saturated heterocycles. The first-order chi connectivity index (χ1) is 22.5. The van der Waals surface area contributed by atoms with Gasteiger partial charge in [-0.05, 0) is 43.0 Å². The van der Waals surface area contributed by atoms with E-state index in [4.69, 9.17) is 9.52 Å². The molecule has 4 aromatic rings. The van der Waals surface area contributed by atoms with Crippen LogP contribution in [0.5, 0.6) is 0 Å². The minimum Gasteiger partial charge on any atom is -0.408 e. The van der Waals surface area contributed by atoms with Crippen molar-refractivity contribution in [3.63, 3.8) is 0 Å². The molecule has 3 aliphatic rings. The van der Waals surface area contributed by atoms with Gasteiger partial charge in [0.15, 0.2) is 5.82 Å². The molecule has 14 heteroatoms. The van der Waals surface area contributed by atoms with Gasteiger partial charge in [0.1, 0.15) is 5.82 Å². The van der Waals surface area contributed by atoms with Gasteiger partial charge in [0.25, 0.3) is 0 Å². The number of nitrogens with zero attached hydrogens (tertiary/aromatic N) is 8. The summed E-state index contributed by atoms with van der Waals surface area (Å²) >= 11 is 0. The Kier molecular flexibility index (Phi) is 7.83. The predicted molar refractivity (Wildman–Crippen MR) is 167 cm³/mol. The van der Waals surface area contributed by atoms with Crippen LogP contribution >= 0.6 is 0 Å². The number of hydrogen-bond donors (Lipinski definition) is 0. The molecule has 2 fully saturated rings. The Morgan fingerprint density at radius 2 is 1.72 bits per heavy atom. The largest absolute Gasteiger partial charge is 0.416 e. The number of aromatic nitrogens is 4. The zero-order valence-electron chi connectivity index (χ0n) is 26.4. The van der Waals surface area contributed by atoms with Crippen LogP contribution in [0.25, 0.3) is 0 Å². The zero-order chi connectivity index (χ0) is 33.0. The maximum Gasteiger partial charge on any atom is 0.416 e. The Labute approximate surface area is 269 Å². The summed E-state index contributed by atoms with van der Waals surface area (Å²) in [7, 11) is 0. The van der Waals surface area contributed by atoms with Crippen LogP contribution in [0.1, 0.15) is 66.8 Å². The Morgan fingerprint density at radius 3 is 2.40 bits per heavy atom. The van der Waals surface area contributed by atoms with Crippen molar-refractivity contribution in [2.24, 2.45) is 0 Å². The smallest absolute Gasteiger partial charge is 0.408 e. The summed E-state index contributed by atoms with van der Waals surface area (Å²) in [5.74, 6) is 0.747. The molecule has 0 saturated carbocycles. The number of halogens is 4. The van der Waals surface area contributed by atoms with Gasteiger partial charge in [-0.15, -0.1) is 5.10 Å². The zero-order valence-corrected chi connectivity index (χ0v) is 26.4. The summed E-state index contributed by atoms with van der Waals surface area (Å²) in [4.78, 5) is 21.3. The quantitative estimate of drug-likeness (QED) is 0.210. The first-order valence-corrected chi connectivity index (χ1v) is 15.9. The van der Waals surface area contributed by atoms with Crippen LogP contribution < -0.4 is 14.7 Å². The number of rotatable bonds is 7. The highest BCUT2D eigenvalue weighted by Crippen LogP contribution is 2.38. The van der Waals surface area contributed by atoms with E-state index in [0.717, 1.165) is 17.2 Å². The number of amides is 2. The minimum atomic E-state index is -4.57. The Morgan fingerprint density at radius 1 is 0.979 bits per heavy atom. The number of piperidine rings is 1. The number of urea groups is 1. The molecular formula is C33H36F4N8O2. The lowest BCUT2D eigenvalue weighted by Crippen LogP contribution is -2.54. The number of anilines is 3. The van der Waals surface area contributed by atoms with Gasteiger partial charge in [0.2, 0.25) is 5.89 Å². The highest BCUT2D eigenvalue weighted by atomic mass is 19.4. The normalized spacial score (nSPS) is 17.9. The number of carbonyl (C=O) groups is 1. The van der Waals surface area contributed by atoms with E-state index in [1.54, 1.807) is 21.7 Å². The lowest BCUT2D eigenvalue weighted by molar-refractivity contribution is -0.138. The van der Waals surface area contributed by atoms with Gasteiger partial charge in [-0.2, -0.15) is 18.3 Å². The number of benzene rings is 2. The van der Waals surface area contributed by atoms with Crippen LogP contribution in [0.2, 0.25) is 0 Å². The van der Waals surface area contributed by atoms with Gasteiger partial charge in [0.05, 0.1) is 30.4 Å². The number of aryl methyl sites for hydroxylation is 1. The maximum atomic E-state index is 14.7. The van der Waals surface area contributed by atoms with E-state index in [0.29, 0.717) is 62.4 Å². The van der Waals surface area contributed by atoms with Crippen molar-refractivity contribution in [2.75, 3.05) is 40.9 Å². The summed E-state index contributed by atoms with van der Waals surface area (Å²) in [5.41, 5.74) is 1.39. The molecule has 10 nitrogen and oxygen atoms in total. The van der Waals surface area contributed by atoms with Crippen molar-refractivity contribution < 1.29 is 26.8 Å². The molecule has 0 aliphatic carbocycles. The van der Waals surface area contributed by atoms with Crippen molar-refractivity contribution in [2.45, 2.75) is 70.9 Å². The topological polar surface area (TPSA) is 86.8 Å². The van der Waals surface area contributed by atoms with Crippen molar-refractivity contribution in [3.05, 3.63) is 82.6 Å². The van der Waals surface area contributed by atoms with Crippen LogP contribution in [0.4, 0.5) is 39.9 Å². The fourth-order valence-electron chi connectivity index (χ4n) is 6.77. The molecule has 0 spiro atoms. The second-order valence-corrected chi connectivity index (χ2v) is 12.9. The maximum absolute atomic E-state index is 14.7. The van der Waals surface area contributed by atoms with Crippen LogP contribution in [-0.4, -0.2) is 63.1 Å². The van der Waals surface area contributed by atoms with E-state index in [1.807, 2.05) is 42.8 Å². The lowest BCUT2D eigenvalue weighted by atomic mass is 10.00. The second-order valence-electron chi connectivity index (χ2n) is 12.9. The highest BCUT2D eigenvalue weighted by molar-refractivity contribution is 5.94. The summed E-state index contributed by atoms with van der Waals surface area (Å²) < 4.78 is 64.3. The van der Waals surface area contributed by atoms with Gasteiger partial charge < -0.3 is 19.1 Å². The molecular weight excluding hydrogens is 616 g/mol. The second kappa shape index (κ2) is 11.9. The third-order valence-corrected chi connectivity index (χ3v) is 9.35. The molecule has 0 N–H and O–H groups in total. The summed E-state index contributed by atoms with van der Waals surface area (Å²) in [6.45, 7) is 8.04. The average Bonchev–Trinajstić information content (AvgIpc) is 3.66. The molecule has 5 heterocycles. The fraction of sp³-hybridized carbons (Fsp3) is 0.455. The molecule has 2 aromatic carbocycles. The monoisotopic (exact) mass is 652 g/mol. The Bertz CT molecular complexity index is 1750. The first kappa shape index (κ1) is 31.0. The van der Waals surface area contributed by atoms with Gasteiger partial charge in [0, 0.05) is 49.9 Å². The number of para-hydroxylation sites is 1. The Hall–Kier alpha value is -4.62. The Balaban J connectivity index is 1.14. The number of hydrogen-bond acceptors (Lipinski definition) is 7. The predicted octanol–water partition coefficient (Wildman–Crippen LogP) is 6.53. The number of alkyl halides is 3. The molecule has 2 aromatic heterocycles. The minimum absolute atomic E-state index is 0.00674. The number of carbonyl (C=O) groups excluding carboxylic acids is 1. The molecule has 2 amide bonds.